The first kappa shape index (κ1) is 18.7. The maximum Gasteiger partial charge on any atom is 0.128 e. The first-order chi connectivity index (χ1) is 12.7. The van der Waals surface area contributed by atoms with Gasteiger partial charge in [0.1, 0.15) is 11.5 Å². The molecule has 0 atom stereocenters. The number of aromatic amines is 1. The second-order valence-corrected chi connectivity index (χ2v) is 7.08. The highest BCUT2D eigenvalue weighted by Gasteiger charge is 2.17. The molecule has 0 radical (unpaired) electrons. The molecule has 5 heteroatoms. The number of aryl methyl sites for hydroxylation is 1. The third kappa shape index (κ3) is 3.69. The van der Waals surface area contributed by atoms with Crippen molar-refractivity contribution >= 4 is 22.7 Å². The number of hydrogen-bond donors (Lipinski definition) is 2. The Hall–Kier alpha value is -2.11. The van der Waals surface area contributed by atoms with E-state index in [2.05, 4.69) is 35.5 Å². The van der Waals surface area contributed by atoms with E-state index in [-0.39, 0.29) is 0 Å². The highest BCUT2D eigenvalue weighted by Crippen LogP contribution is 2.39. The zero-order chi connectivity index (χ0) is 18.5. The van der Waals surface area contributed by atoms with Crippen molar-refractivity contribution in [1.82, 2.24) is 4.98 Å². The molecule has 0 aliphatic heterocycles. The number of H-pyrrole nitrogens is 1. The van der Waals surface area contributed by atoms with Crippen LogP contribution in [0, 0.1) is 0 Å². The number of ether oxygens (including phenoxy) is 2. The Kier molecular flexibility index (Phi) is 6.12. The maximum atomic E-state index is 5.71. The molecular weight excluding hydrogens is 344 g/mol. The number of nitrogens with one attached hydrogen (secondary N) is 1. The highest BCUT2D eigenvalue weighted by molar-refractivity contribution is 7.98. The zero-order valence-electron chi connectivity index (χ0n) is 15.6. The van der Waals surface area contributed by atoms with Gasteiger partial charge in [0.15, 0.2) is 0 Å². The number of unbranched alkanes of at least 4 members (excludes halogenated alkanes) is 1. The lowest BCUT2D eigenvalue weighted by atomic mass is 9.99. The molecule has 0 unspecified atom stereocenters. The SMILES string of the molecule is COc1ccc2[nH]c(-c3cc(SC)ccc3OC)c(CCCCN)c2c1. The Balaban J connectivity index is 2.19. The highest BCUT2D eigenvalue weighted by atomic mass is 32.2. The lowest BCUT2D eigenvalue weighted by Crippen LogP contribution is -1.99. The number of thioether (sulfide) groups is 1. The quantitative estimate of drug-likeness (QED) is 0.439. The Morgan fingerprint density at radius 1 is 1.04 bits per heavy atom. The molecule has 3 aromatic rings. The third-order valence-electron chi connectivity index (χ3n) is 4.67. The molecule has 0 bridgehead atoms. The maximum absolute atomic E-state index is 5.71. The van der Waals surface area contributed by atoms with Crippen LogP contribution in [0.5, 0.6) is 11.5 Å². The average molecular weight is 371 g/mol. The Labute approximate surface area is 159 Å². The van der Waals surface area contributed by atoms with Crippen molar-refractivity contribution in [2.45, 2.75) is 24.2 Å². The second kappa shape index (κ2) is 8.52. The minimum atomic E-state index is 0.715. The van der Waals surface area contributed by atoms with Crippen molar-refractivity contribution in [2.75, 3.05) is 27.0 Å². The lowest BCUT2D eigenvalue weighted by Gasteiger charge is -2.11. The third-order valence-corrected chi connectivity index (χ3v) is 5.40. The Morgan fingerprint density at radius 3 is 2.58 bits per heavy atom. The van der Waals surface area contributed by atoms with Crippen LogP contribution in [0.1, 0.15) is 18.4 Å². The summed E-state index contributed by atoms with van der Waals surface area (Å²) in [6.45, 7) is 0.715. The molecule has 0 saturated carbocycles. The summed E-state index contributed by atoms with van der Waals surface area (Å²) in [6, 6.07) is 12.5. The summed E-state index contributed by atoms with van der Waals surface area (Å²) in [6.07, 6.45) is 5.12. The van der Waals surface area contributed by atoms with E-state index in [1.165, 1.54) is 15.8 Å². The smallest absolute Gasteiger partial charge is 0.128 e. The standard InChI is InChI=1S/C21H26N2O2S/c1-24-14-7-9-19-17(12-14)16(6-4-5-11-22)21(23-19)18-13-15(26-3)8-10-20(18)25-2/h7-10,12-13,23H,4-6,11,22H2,1-3H3. The van der Waals surface area contributed by atoms with Gasteiger partial charge in [0, 0.05) is 21.4 Å². The van der Waals surface area contributed by atoms with Crippen LogP contribution in [-0.4, -0.2) is 32.0 Å². The van der Waals surface area contributed by atoms with E-state index >= 15 is 0 Å². The number of aromatic nitrogens is 1. The van der Waals surface area contributed by atoms with Crippen LogP contribution >= 0.6 is 11.8 Å². The normalized spacial score (nSPS) is 11.1. The minimum absolute atomic E-state index is 0.715. The molecule has 0 aliphatic rings. The van der Waals surface area contributed by atoms with E-state index in [1.54, 1.807) is 26.0 Å². The fraction of sp³-hybridized carbons (Fsp3) is 0.333. The van der Waals surface area contributed by atoms with Gasteiger partial charge >= 0.3 is 0 Å². The molecule has 0 saturated heterocycles. The van der Waals surface area contributed by atoms with Crippen LogP contribution in [-0.2, 0) is 6.42 Å². The van der Waals surface area contributed by atoms with Gasteiger partial charge < -0.3 is 20.2 Å². The van der Waals surface area contributed by atoms with Gasteiger partial charge in [-0.3, -0.25) is 0 Å². The van der Waals surface area contributed by atoms with Gasteiger partial charge in [0.2, 0.25) is 0 Å². The zero-order valence-corrected chi connectivity index (χ0v) is 16.4. The van der Waals surface area contributed by atoms with E-state index in [0.29, 0.717) is 6.54 Å². The summed E-state index contributed by atoms with van der Waals surface area (Å²) >= 11 is 1.73. The van der Waals surface area contributed by atoms with Gasteiger partial charge in [-0.1, -0.05) is 0 Å². The minimum Gasteiger partial charge on any atom is -0.497 e. The van der Waals surface area contributed by atoms with E-state index in [1.807, 2.05) is 12.1 Å². The number of nitrogens with two attached hydrogens (primary N) is 1. The summed E-state index contributed by atoms with van der Waals surface area (Å²) in [5, 5.41) is 1.20. The molecule has 26 heavy (non-hydrogen) atoms. The predicted octanol–water partition coefficient (Wildman–Crippen LogP) is 4.86. The summed E-state index contributed by atoms with van der Waals surface area (Å²) < 4.78 is 11.1. The van der Waals surface area contributed by atoms with Crippen LogP contribution in [0.4, 0.5) is 0 Å². The first-order valence-corrected chi connectivity index (χ1v) is 10.0. The van der Waals surface area contributed by atoms with Crippen molar-refractivity contribution in [1.29, 1.82) is 0 Å². The fourth-order valence-corrected chi connectivity index (χ4v) is 3.74. The molecule has 0 amide bonds. The van der Waals surface area contributed by atoms with Gasteiger partial charge in [-0.2, -0.15) is 0 Å². The summed E-state index contributed by atoms with van der Waals surface area (Å²) in [5.41, 5.74) is 10.3. The van der Waals surface area contributed by atoms with Gasteiger partial charge in [-0.15, -0.1) is 11.8 Å². The lowest BCUT2D eigenvalue weighted by molar-refractivity contribution is 0.415. The Morgan fingerprint density at radius 2 is 1.88 bits per heavy atom. The number of methoxy groups -OCH3 is 2. The van der Waals surface area contributed by atoms with Gasteiger partial charge in [-0.25, -0.2) is 0 Å². The molecule has 3 rings (SSSR count). The molecule has 3 N–H and O–H groups in total. The summed E-state index contributed by atoms with van der Waals surface area (Å²) in [7, 11) is 3.42. The molecule has 1 aromatic heterocycles. The van der Waals surface area contributed by atoms with Gasteiger partial charge in [-0.05, 0) is 74.0 Å². The van der Waals surface area contributed by atoms with Crippen LogP contribution < -0.4 is 15.2 Å². The molecule has 0 fully saturated rings. The monoisotopic (exact) mass is 370 g/mol. The molecule has 2 aromatic carbocycles. The van der Waals surface area contributed by atoms with E-state index in [0.717, 1.165) is 47.5 Å². The van der Waals surface area contributed by atoms with Gasteiger partial charge in [0.25, 0.3) is 0 Å². The van der Waals surface area contributed by atoms with E-state index < -0.39 is 0 Å². The van der Waals surface area contributed by atoms with Crippen LogP contribution in [0.15, 0.2) is 41.3 Å². The van der Waals surface area contributed by atoms with Crippen molar-refractivity contribution in [3.05, 3.63) is 42.0 Å². The fourth-order valence-electron chi connectivity index (χ4n) is 3.30. The first-order valence-electron chi connectivity index (χ1n) is 8.82. The predicted molar refractivity (Wildman–Crippen MR) is 111 cm³/mol. The molecule has 0 spiro atoms. The van der Waals surface area contributed by atoms with Crippen LogP contribution in [0.25, 0.3) is 22.2 Å². The molecule has 138 valence electrons. The number of fused-ring (bicyclic) bond motifs is 1. The van der Waals surface area contributed by atoms with Crippen molar-refractivity contribution in [3.8, 4) is 22.8 Å². The van der Waals surface area contributed by atoms with Crippen molar-refractivity contribution in [3.63, 3.8) is 0 Å². The summed E-state index contributed by atoms with van der Waals surface area (Å²) in [5.74, 6) is 1.74. The topological polar surface area (TPSA) is 60.3 Å². The molecule has 1 heterocycles. The molecular formula is C21H26N2O2S. The molecule has 4 nitrogen and oxygen atoms in total. The number of rotatable bonds is 8. The van der Waals surface area contributed by atoms with Crippen molar-refractivity contribution in [2.24, 2.45) is 5.73 Å². The second-order valence-electron chi connectivity index (χ2n) is 6.20. The average Bonchev–Trinajstić information content (AvgIpc) is 3.05. The van der Waals surface area contributed by atoms with E-state index in [4.69, 9.17) is 15.2 Å². The Bertz CT molecular complexity index is 889. The van der Waals surface area contributed by atoms with Crippen LogP contribution in [0.3, 0.4) is 0 Å². The van der Waals surface area contributed by atoms with E-state index in [9.17, 15) is 0 Å². The van der Waals surface area contributed by atoms with Gasteiger partial charge in [0.05, 0.1) is 19.9 Å². The number of hydrogen-bond acceptors (Lipinski definition) is 4. The van der Waals surface area contributed by atoms with Crippen LogP contribution in [0.2, 0.25) is 0 Å². The summed E-state index contributed by atoms with van der Waals surface area (Å²) in [4.78, 5) is 4.82. The number of benzene rings is 2. The van der Waals surface area contributed by atoms with Crippen molar-refractivity contribution < 1.29 is 9.47 Å². The molecule has 0 aliphatic carbocycles. The largest absolute Gasteiger partial charge is 0.497 e.